The van der Waals surface area contributed by atoms with Crippen molar-refractivity contribution < 1.29 is 4.74 Å². The fraction of sp³-hybridized carbons (Fsp3) is 0.625. The lowest BCUT2D eigenvalue weighted by Crippen LogP contribution is -2.56. The predicted octanol–water partition coefficient (Wildman–Crippen LogP) is 2.97. The van der Waals surface area contributed by atoms with Crippen LogP contribution in [0.25, 0.3) is 0 Å². The van der Waals surface area contributed by atoms with E-state index in [1.165, 1.54) is 5.56 Å². The molecule has 1 aliphatic rings. The molecule has 1 fully saturated rings. The minimum atomic E-state index is -0.0992. The van der Waals surface area contributed by atoms with E-state index >= 15 is 0 Å². The zero-order chi connectivity index (χ0) is 14.3. The van der Waals surface area contributed by atoms with Crippen LogP contribution >= 0.6 is 0 Å². The quantitative estimate of drug-likeness (QED) is 0.833. The Morgan fingerprint density at radius 1 is 1.16 bits per heavy atom. The molecule has 106 valence electrons. The Morgan fingerprint density at radius 3 is 2.26 bits per heavy atom. The number of nitrogen functional groups attached to an aromatic ring is 1. The fourth-order valence-corrected chi connectivity index (χ4v) is 3.10. The van der Waals surface area contributed by atoms with Crippen LogP contribution in [0.1, 0.15) is 38.8 Å². The summed E-state index contributed by atoms with van der Waals surface area (Å²) in [5.74, 6) is 0. The lowest BCUT2D eigenvalue weighted by molar-refractivity contribution is -0.182. The summed E-state index contributed by atoms with van der Waals surface area (Å²) in [5, 5.41) is 0. The first-order valence-electron chi connectivity index (χ1n) is 6.94. The summed E-state index contributed by atoms with van der Waals surface area (Å²) in [6.07, 6.45) is 0. The largest absolute Gasteiger partial charge is 0.399 e. The van der Waals surface area contributed by atoms with E-state index in [2.05, 4.69) is 50.8 Å². The van der Waals surface area contributed by atoms with Gasteiger partial charge in [0.15, 0.2) is 0 Å². The second-order valence-electron chi connectivity index (χ2n) is 6.96. The summed E-state index contributed by atoms with van der Waals surface area (Å²) in [4.78, 5) is 2.45. The third-order valence-corrected chi connectivity index (χ3v) is 3.51. The monoisotopic (exact) mass is 262 g/mol. The minimum absolute atomic E-state index is 0.0992. The first kappa shape index (κ1) is 14.4. The number of aryl methyl sites for hydroxylation is 1. The van der Waals surface area contributed by atoms with Crippen LogP contribution < -0.4 is 5.73 Å². The summed E-state index contributed by atoms with van der Waals surface area (Å²) >= 11 is 0. The van der Waals surface area contributed by atoms with Crippen molar-refractivity contribution in [2.45, 2.75) is 52.4 Å². The molecule has 0 saturated carbocycles. The van der Waals surface area contributed by atoms with Gasteiger partial charge in [-0.15, -0.1) is 0 Å². The van der Waals surface area contributed by atoms with Crippen LogP contribution in [0.3, 0.4) is 0 Å². The highest BCUT2D eigenvalue weighted by Gasteiger charge is 2.37. The Hall–Kier alpha value is -1.06. The smallest absolute Gasteiger partial charge is 0.0760 e. The fourth-order valence-electron chi connectivity index (χ4n) is 3.10. The number of nitrogens with zero attached hydrogens (tertiary/aromatic N) is 1. The number of nitrogens with two attached hydrogens (primary N) is 1. The Morgan fingerprint density at radius 2 is 1.74 bits per heavy atom. The normalized spacial score (nSPS) is 22.4. The number of ether oxygens (including phenoxy) is 1. The van der Waals surface area contributed by atoms with E-state index < -0.39 is 0 Å². The van der Waals surface area contributed by atoms with E-state index in [0.717, 1.165) is 30.9 Å². The van der Waals surface area contributed by atoms with Crippen molar-refractivity contribution in [3.05, 3.63) is 29.3 Å². The van der Waals surface area contributed by atoms with Gasteiger partial charge in [-0.3, -0.25) is 4.90 Å². The van der Waals surface area contributed by atoms with E-state index in [1.807, 2.05) is 6.92 Å². The van der Waals surface area contributed by atoms with E-state index in [4.69, 9.17) is 10.5 Å². The number of anilines is 1. The molecule has 3 nitrogen and oxygen atoms in total. The van der Waals surface area contributed by atoms with Crippen LogP contribution in [0.15, 0.2) is 18.2 Å². The molecule has 1 aliphatic heterocycles. The first-order chi connectivity index (χ1) is 8.67. The average molecular weight is 262 g/mol. The van der Waals surface area contributed by atoms with Crippen LogP contribution in [-0.2, 0) is 11.3 Å². The van der Waals surface area contributed by atoms with Gasteiger partial charge < -0.3 is 10.5 Å². The van der Waals surface area contributed by atoms with Gasteiger partial charge in [-0.25, -0.2) is 0 Å². The number of morpholine rings is 1. The Labute approximate surface area is 116 Å². The molecule has 0 atom stereocenters. The van der Waals surface area contributed by atoms with Gasteiger partial charge in [0.2, 0.25) is 0 Å². The summed E-state index contributed by atoms with van der Waals surface area (Å²) in [6.45, 7) is 13.5. The highest BCUT2D eigenvalue weighted by molar-refractivity contribution is 5.48. The Balaban J connectivity index is 2.11. The minimum Gasteiger partial charge on any atom is -0.399 e. The van der Waals surface area contributed by atoms with Crippen LogP contribution in [0.4, 0.5) is 5.69 Å². The van der Waals surface area contributed by atoms with Crippen LogP contribution in [0, 0.1) is 6.92 Å². The first-order valence-corrected chi connectivity index (χ1v) is 6.94. The van der Waals surface area contributed by atoms with Gasteiger partial charge in [-0.05, 0) is 51.8 Å². The van der Waals surface area contributed by atoms with Crippen LogP contribution in [0.5, 0.6) is 0 Å². The molecule has 1 heterocycles. The summed E-state index contributed by atoms with van der Waals surface area (Å²) in [7, 11) is 0. The molecular formula is C16H26N2O. The Bertz CT molecular complexity index is 450. The highest BCUT2D eigenvalue weighted by atomic mass is 16.5. The molecule has 0 aliphatic carbocycles. The molecule has 0 amide bonds. The Kier molecular flexibility index (Phi) is 3.63. The van der Waals surface area contributed by atoms with E-state index in [1.54, 1.807) is 0 Å². The van der Waals surface area contributed by atoms with Crippen molar-refractivity contribution in [3.63, 3.8) is 0 Å². The van der Waals surface area contributed by atoms with Gasteiger partial charge >= 0.3 is 0 Å². The molecule has 1 aromatic rings. The van der Waals surface area contributed by atoms with Crippen LogP contribution in [-0.4, -0.2) is 29.2 Å². The van der Waals surface area contributed by atoms with E-state index in [-0.39, 0.29) is 11.2 Å². The molecule has 0 aromatic heterocycles. The van der Waals surface area contributed by atoms with Crippen molar-refractivity contribution in [2.75, 3.05) is 18.8 Å². The lowest BCUT2D eigenvalue weighted by atomic mass is 9.98. The van der Waals surface area contributed by atoms with Gasteiger partial charge in [-0.2, -0.15) is 0 Å². The second kappa shape index (κ2) is 4.80. The predicted molar refractivity (Wildman–Crippen MR) is 80.1 cm³/mol. The van der Waals surface area contributed by atoms with Gasteiger partial charge in [0.1, 0.15) is 0 Å². The van der Waals surface area contributed by atoms with Crippen molar-refractivity contribution in [3.8, 4) is 0 Å². The number of hydrogen-bond donors (Lipinski definition) is 1. The molecular weight excluding hydrogens is 236 g/mol. The lowest BCUT2D eigenvalue weighted by Gasteiger charge is -2.47. The third-order valence-electron chi connectivity index (χ3n) is 3.51. The SMILES string of the molecule is Cc1ccc(CN2CC(C)(C)OC(C)(C)C2)cc1N. The standard InChI is InChI=1S/C16H26N2O/c1-12-6-7-13(8-14(12)17)9-18-10-15(2,3)19-16(4,5)11-18/h6-8H,9-11,17H2,1-5H3. The van der Waals surface area contributed by atoms with Gasteiger partial charge in [0, 0.05) is 25.3 Å². The van der Waals surface area contributed by atoms with Crippen molar-refractivity contribution >= 4 is 5.69 Å². The van der Waals surface area contributed by atoms with E-state index in [0.29, 0.717) is 0 Å². The molecule has 2 N–H and O–H groups in total. The zero-order valence-corrected chi connectivity index (χ0v) is 12.8. The summed E-state index contributed by atoms with van der Waals surface area (Å²) < 4.78 is 6.11. The molecule has 0 bridgehead atoms. The molecule has 2 rings (SSSR count). The number of benzene rings is 1. The van der Waals surface area contributed by atoms with Gasteiger partial charge in [-0.1, -0.05) is 12.1 Å². The topological polar surface area (TPSA) is 38.5 Å². The maximum absolute atomic E-state index is 6.11. The molecule has 0 spiro atoms. The van der Waals surface area contributed by atoms with E-state index in [9.17, 15) is 0 Å². The van der Waals surface area contributed by atoms with Crippen molar-refractivity contribution in [2.24, 2.45) is 0 Å². The summed E-state index contributed by atoms with van der Waals surface area (Å²) in [5.41, 5.74) is 9.09. The van der Waals surface area contributed by atoms with Crippen molar-refractivity contribution in [1.29, 1.82) is 0 Å². The average Bonchev–Trinajstić information content (AvgIpc) is 2.18. The van der Waals surface area contributed by atoms with Gasteiger partial charge in [0.25, 0.3) is 0 Å². The molecule has 0 unspecified atom stereocenters. The zero-order valence-electron chi connectivity index (χ0n) is 12.8. The molecule has 3 heteroatoms. The highest BCUT2D eigenvalue weighted by Crippen LogP contribution is 2.29. The van der Waals surface area contributed by atoms with Crippen molar-refractivity contribution in [1.82, 2.24) is 4.90 Å². The maximum atomic E-state index is 6.11. The third kappa shape index (κ3) is 3.71. The summed E-state index contributed by atoms with van der Waals surface area (Å²) in [6, 6.07) is 6.35. The van der Waals surface area contributed by atoms with Crippen LogP contribution in [0.2, 0.25) is 0 Å². The number of rotatable bonds is 2. The second-order valence-corrected chi connectivity index (χ2v) is 6.96. The van der Waals surface area contributed by atoms with Gasteiger partial charge in [0.05, 0.1) is 11.2 Å². The molecule has 0 radical (unpaired) electrons. The molecule has 1 saturated heterocycles. The molecule has 19 heavy (non-hydrogen) atoms. The maximum Gasteiger partial charge on any atom is 0.0760 e. The number of hydrogen-bond acceptors (Lipinski definition) is 3. The molecule has 1 aromatic carbocycles.